The molecule has 0 saturated heterocycles. The molecule has 3 nitrogen and oxygen atoms in total. The maximum Gasteiger partial charge on any atom is 0.0718 e. The first-order chi connectivity index (χ1) is 6.76. The minimum Gasteiger partial charge on any atom is -0.396 e. The summed E-state index contributed by atoms with van der Waals surface area (Å²) in [6.07, 6.45) is 0.950. The van der Waals surface area contributed by atoms with Crippen molar-refractivity contribution in [3.8, 4) is 0 Å². The van der Waals surface area contributed by atoms with Crippen LogP contribution in [0.25, 0.3) is 0 Å². The Kier molecular flexibility index (Phi) is 5.78. The molecule has 0 aromatic heterocycles. The fourth-order valence-electron chi connectivity index (χ4n) is 1.64. The number of hydrogen-bond acceptors (Lipinski definition) is 3. The van der Waals surface area contributed by atoms with Crippen molar-refractivity contribution in [1.29, 1.82) is 0 Å². The van der Waals surface area contributed by atoms with Gasteiger partial charge in [0.05, 0.1) is 5.60 Å². The molecule has 0 amide bonds. The molecule has 2 N–H and O–H groups in total. The molecule has 0 aliphatic rings. The van der Waals surface area contributed by atoms with Gasteiger partial charge in [0.25, 0.3) is 0 Å². The third-order valence-electron chi connectivity index (χ3n) is 2.90. The van der Waals surface area contributed by atoms with E-state index in [2.05, 4.69) is 25.7 Å². The van der Waals surface area contributed by atoms with Crippen LogP contribution in [0.15, 0.2) is 0 Å². The highest BCUT2D eigenvalue weighted by molar-refractivity contribution is 4.79. The molecular formula is C12H27NO2. The van der Waals surface area contributed by atoms with Crippen LogP contribution in [-0.4, -0.2) is 47.0 Å². The van der Waals surface area contributed by atoms with Crippen LogP contribution in [0.1, 0.15) is 41.0 Å². The Bertz CT molecular complexity index is 171. The fraction of sp³-hybridized carbons (Fsp3) is 1.00. The normalized spacial score (nSPS) is 16.8. The van der Waals surface area contributed by atoms with E-state index >= 15 is 0 Å². The minimum absolute atomic E-state index is 0.0543. The van der Waals surface area contributed by atoms with Gasteiger partial charge in [-0.05, 0) is 26.8 Å². The van der Waals surface area contributed by atoms with Gasteiger partial charge >= 0.3 is 0 Å². The predicted molar refractivity (Wildman–Crippen MR) is 63.9 cm³/mol. The van der Waals surface area contributed by atoms with Crippen LogP contribution in [-0.2, 0) is 0 Å². The first-order valence-corrected chi connectivity index (χ1v) is 5.82. The zero-order valence-electron chi connectivity index (χ0n) is 10.9. The molecule has 0 radical (unpaired) electrons. The number of hydrogen-bond donors (Lipinski definition) is 2. The van der Waals surface area contributed by atoms with Gasteiger partial charge in [0, 0.05) is 25.1 Å². The van der Waals surface area contributed by atoms with Crippen LogP contribution in [0.3, 0.4) is 0 Å². The summed E-state index contributed by atoms with van der Waals surface area (Å²) in [6, 6.07) is 0. The van der Waals surface area contributed by atoms with Crippen LogP contribution >= 0.6 is 0 Å². The summed E-state index contributed by atoms with van der Waals surface area (Å²) in [5.74, 6) is 0. The smallest absolute Gasteiger partial charge is 0.0718 e. The molecule has 0 aliphatic heterocycles. The zero-order valence-corrected chi connectivity index (χ0v) is 10.9. The molecule has 0 rings (SSSR count). The molecule has 3 heteroatoms. The number of rotatable bonds is 7. The summed E-state index contributed by atoms with van der Waals surface area (Å²) in [6.45, 7) is 12.5. The van der Waals surface area contributed by atoms with Crippen LogP contribution < -0.4 is 0 Å². The van der Waals surface area contributed by atoms with Gasteiger partial charge in [-0.2, -0.15) is 0 Å². The Morgan fingerprint density at radius 1 is 1.07 bits per heavy atom. The Morgan fingerprint density at radius 3 is 1.87 bits per heavy atom. The summed E-state index contributed by atoms with van der Waals surface area (Å²) in [7, 11) is 0. The SMILES string of the molecule is CCN(CC(C)(C)O)CC(C)(CC)CO. The van der Waals surface area contributed by atoms with Crippen molar-refractivity contribution in [2.75, 3.05) is 26.2 Å². The lowest BCUT2D eigenvalue weighted by molar-refractivity contribution is 0.0124. The second-order valence-electron chi connectivity index (χ2n) is 5.44. The van der Waals surface area contributed by atoms with E-state index in [9.17, 15) is 10.2 Å². The van der Waals surface area contributed by atoms with E-state index in [1.807, 2.05) is 13.8 Å². The largest absolute Gasteiger partial charge is 0.396 e. The summed E-state index contributed by atoms with van der Waals surface area (Å²) >= 11 is 0. The van der Waals surface area contributed by atoms with E-state index in [0.29, 0.717) is 6.54 Å². The van der Waals surface area contributed by atoms with Crippen molar-refractivity contribution in [2.45, 2.75) is 46.6 Å². The Labute approximate surface area is 94.1 Å². The lowest BCUT2D eigenvalue weighted by Gasteiger charge is -2.35. The summed E-state index contributed by atoms with van der Waals surface area (Å²) in [5, 5.41) is 19.1. The van der Waals surface area contributed by atoms with Crippen molar-refractivity contribution < 1.29 is 10.2 Å². The third-order valence-corrected chi connectivity index (χ3v) is 2.90. The van der Waals surface area contributed by atoms with Crippen LogP contribution in [0, 0.1) is 5.41 Å². The van der Waals surface area contributed by atoms with E-state index in [0.717, 1.165) is 19.5 Å². The minimum atomic E-state index is -0.667. The molecule has 0 aromatic rings. The van der Waals surface area contributed by atoms with Crippen molar-refractivity contribution >= 4 is 0 Å². The van der Waals surface area contributed by atoms with Crippen molar-refractivity contribution in [3.63, 3.8) is 0 Å². The second kappa shape index (κ2) is 5.83. The van der Waals surface area contributed by atoms with E-state index in [1.165, 1.54) is 0 Å². The molecule has 0 aliphatic carbocycles. The van der Waals surface area contributed by atoms with Crippen LogP contribution in [0.2, 0.25) is 0 Å². The average molecular weight is 217 g/mol. The van der Waals surface area contributed by atoms with Gasteiger partial charge in [-0.25, -0.2) is 0 Å². The Hall–Kier alpha value is -0.120. The predicted octanol–water partition coefficient (Wildman–Crippen LogP) is 1.49. The maximum absolute atomic E-state index is 9.76. The lowest BCUT2D eigenvalue weighted by atomic mass is 9.87. The van der Waals surface area contributed by atoms with Crippen LogP contribution in [0.4, 0.5) is 0 Å². The van der Waals surface area contributed by atoms with E-state index < -0.39 is 5.60 Å². The van der Waals surface area contributed by atoms with Crippen molar-refractivity contribution in [3.05, 3.63) is 0 Å². The average Bonchev–Trinajstić information content (AvgIpc) is 2.14. The quantitative estimate of drug-likeness (QED) is 0.679. The number of likely N-dealkylation sites (N-methyl/N-ethyl adjacent to an activating group) is 1. The molecule has 15 heavy (non-hydrogen) atoms. The van der Waals surface area contributed by atoms with Gasteiger partial charge < -0.3 is 15.1 Å². The van der Waals surface area contributed by atoms with Crippen molar-refractivity contribution in [2.24, 2.45) is 5.41 Å². The molecule has 0 fully saturated rings. The number of aliphatic hydroxyl groups excluding tert-OH is 1. The lowest BCUT2D eigenvalue weighted by Crippen LogP contribution is -2.44. The Balaban J connectivity index is 4.32. The first kappa shape index (κ1) is 14.9. The highest BCUT2D eigenvalue weighted by Gasteiger charge is 2.26. The molecule has 92 valence electrons. The fourth-order valence-corrected chi connectivity index (χ4v) is 1.64. The highest BCUT2D eigenvalue weighted by atomic mass is 16.3. The van der Waals surface area contributed by atoms with Gasteiger partial charge in [0.1, 0.15) is 0 Å². The number of aliphatic hydroxyl groups is 2. The summed E-state index contributed by atoms with van der Waals surface area (Å²) in [4.78, 5) is 2.19. The van der Waals surface area contributed by atoms with Gasteiger partial charge in [0.2, 0.25) is 0 Å². The molecule has 1 unspecified atom stereocenters. The Morgan fingerprint density at radius 2 is 1.60 bits per heavy atom. The molecule has 0 aromatic carbocycles. The summed E-state index contributed by atoms with van der Waals surface area (Å²) in [5.41, 5.74) is -0.721. The highest BCUT2D eigenvalue weighted by Crippen LogP contribution is 2.22. The molecular weight excluding hydrogens is 190 g/mol. The monoisotopic (exact) mass is 217 g/mol. The third kappa shape index (κ3) is 6.13. The number of nitrogens with zero attached hydrogens (tertiary/aromatic N) is 1. The van der Waals surface area contributed by atoms with Crippen molar-refractivity contribution in [1.82, 2.24) is 4.90 Å². The van der Waals surface area contributed by atoms with Gasteiger partial charge in [-0.3, -0.25) is 0 Å². The molecule has 0 spiro atoms. The van der Waals surface area contributed by atoms with E-state index in [-0.39, 0.29) is 12.0 Å². The van der Waals surface area contributed by atoms with Gasteiger partial charge in [-0.1, -0.05) is 20.8 Å². The maximum atomic E-state index is 9.76. The molecule has 0 bridgehead atoms. The van der Waals surface area contributed by atoms with Crippen LogP contribution in [0.5, 0.6) is 0 Å². The topological polar surface area (TPSA) is 43.7 Å². The van der Waals surface area contributed by atoms with E-state index in [1.54, 1.807) is 0 Å². The molecule has 0 saturated carbocycles. The summed E-state index contributed by atoms with van der Waals surface area (Å²) < 4.78 is 0. The van der Waals surface area contributed by atoms with Gasteiger partial charge in [0.15, 0.2) is 0 Å². The van der Waals surface area contributed by atoms with E-state index in [4.69, 9.17) is 0 Å². The second-order valence-corrected chi connectivity index (χ2v) is 5.44. The standard InChI is InChI=1S/C12H27NO2/c1-6-12(5,10-14)9-13(7-2)8-11(3,4)15/h14-15H,6-10H2,1-5H3. The zero-order chi connectivity index (χ0) is 12.1. The van der Waals surface area contributed by atoms with Gasteiger partial charge in [-0.15, -0.1) is 0 Å². The molecule has 1 atom stereocenters. The first-order valence-electron chi connectivity index (χ1n) is 5.82. The molecule has 0 heterocycles.